The molecule has 0 aromatic carbocycles. The minimum absolute atomic E-state index is 0.200. The fraction of sp³-hybridized carbons (Fsp3) is 1.00. The van der Waals surface area contributed by atoms with Crippen molar-refractivity contribution in [2.24, 2.45) is 5.92 Å². The van der Waals surface area contributed by atoms with E-state index in [4.69, 9.17) is 5.11 Å². The normalized spacial score (nSPS) is 18.7. The van der Waals surface area contributed by atoms with E-state index in [0.29, 0.717) is 18.5 Å². The average Bonchev–Trinajstić information content (AvgIpc) is 2.05. The maximum atomic E-state index is 9.54. The lowest BCUT2D eigenvalue weighted by Crippen LogP contribution is -2.46. The van der Waals surface area contributed by atoms with Crippen LogP contribution in [0.5, 0.6) is 0 Å². The van der Waals surface area contributed by atoms with Gasteiger partial charge in [-0.1, -0.05) is 20.8 Å². The SMILES string of the molecule is CCC(NCC(C)(O)CO)C(C)C. The minimum atomic E-state index is -0.998. The molecule has 0 saturated carbocycles. The molecule has 0 saturated heterocycles. The van der Waals surface area contributed by atoms with Crippen LogP contribution in [0.25, 0.3) is 0 Å². The third-order valence-corrected chi connectivity index (χ3v) is 2.33. The number of hydrogen-bond acceptors (Lipinski definition) is 3. The second-order valence-electron chi connectivity index (χ2n) is 4.29. The van der Waals surface area contributed by atoms with E-state index in [0.717, 1.165) is 6.42 Å². The van der Waals surface area contributed by atoms with Crippen molar-refractivity contribution >= 4 is 0 Å². The zero-order valence-electron chi connectivity index (χ0n) is 9.17. The van der Waals surface area contributed by atoms with Crippen LogP contribution in [0.1, 0.15) is 34.1 Å². The summed E-state index contributed by atoms with van der Waals surface area (Å²) in [5.41, 5.74) is -0.998. The molecule has 2 atom stereocenters. The van der Waals surface area contributed by atoms with E-state index in [9.17, 15) is 5.11 Å². The molecule has 0 spiro atoms. The molecule has 2 unspecified atom stereocenters. The first-order valence-corrected chi connectivity index (χ1v) is 4.99. The van der Waals surface area contributed by atoms with Gasteiger partial charge in [0.05, 0.1) is 12.2 Å². The molecule has 3 nitrogen and oxygen atoms in total. The van der Waals surface area contributed by atoms with Crippen molar-refractivity contribution in [2.45, 2.75) is 45.8 Å². The van der Waals surface area contributed by atoms with Gasteiger partial charge in [-0.2, -0.15) is 0 Å². The van der Waals surface area contributed by atoms with Gasteiger partial charge >= 0.3 is 0 Å². The topological polar surface area (TPSA) is 52.5 Å². The molecule has 0 fully saturated rings. The Morgan fingerprint density at radius 2 is 1.92 bits per heavy atom. The Hall–Kier alpha value is -0.120. The molecule has 0 radical (unpaired) electrons. The Balaban J connectivity index is 3.85. The summed E-state index contributed by atoms with van der Waals surface area (Å²) in [6.45, 7) is 8.29. The van der Waals surface area contributed by atoms with Crippen molar-refractivity contribution in [3.8, 4) is 0 Å². The Morgan fingerprint density at radius 3 is 2.23 bits per heavy atom. The second-order valence-corrected chi connectivity index (χ2v) is 4.29. The van der Waals surface area contributed by atoms with Gasteiger partial charge in [0.15, 0.2) is 0 Å². The molecule has 0 heterocycles. The fourth-order valence-corrected chi connectivity index (χ4v) is 1.26. The van der Waals surface area contributed by atoms with Crippen LogP contribution in [0.3, 0.4) is 0 Å². The average molecular weight is 189 g/mol. The van der Waals surface area contributed by atoms with Crippen molar-refractivity contribution in [3.05, 3.63) is 0 Å². The standard InChI is InChI=1S/C10H23NO2/c1-5-9(8(2)3)11-6-10(4,13)7-12/h8-9,11-13H,5-7H2,1-4H3. The lowest BCUT2D eigenvalue weighted by Gasteiger charge is -2.27. The highest BCUT2D eigenvalue weighted by atomic mass is 16.3. The van der Waals surface area contributed by atoms with Crippen LogP contribution in [0.4, 0.5) is 0 Å². The third-order valence-electron chi connectivity index (χ3n) is 2.33. The maximum absolute atomic E-state index is 9.54. The zero-order chi connectivity index (χ0) is 10.5. The number of rotatable bonds is 6. The first-order valence-electron chi connectivity index (χ1n) is 4.99. The number of nitrogens with one attached hydrogen (secondary N) is 1. The van der Waals surface area contributed by atoms with Crippen molar-refractivity contribution in [1.82, 2.24) is 5.32 Å². The maximum Gasteiger partial charge on any atom is 0.0972 e. The van der Waals surface area contributed by atoms with E-state index in [-0.39, 0.29) is 6.61 Å². The van der Waals surface area contributed by atoms with Crippen LogP contribution in [-0.4, -0.2) is 35.0 Å². The van der Waals surface area contributed by atoms with Crippen LogP contribution in [0, 0.1) is 5.92 Å². The molecule has 13 heavy (non-hydrogen) atoms. The molecular weight excluding hydrogens is 166 g/mol. The van der Waals surface area contributed by atoms with Gasteiger partial charge in [-0.3, -0.25) is 0 Å². The summed E-state index contributed by atoms with van der Waals surface area (Å²) in [5.74, 6) is 0.555. The van der Waals surface area contributed by atoms with Gasteiger partial charge in [0.2, 0.25) is 0 Å². The number of aliphatic hydroxyl groups is 2. The third kappa shape index (κ3) is 5.24. The highest BCUT2D eigenvalue weighted by Gasteiger charge is 2.20. The molecule has 0 rings (SSSR count). The molecule has 3 heteroatoms. The summed E-state index contributed by atoms with van der Waals surface area (Å²) in [5, 5.41) is 21.6. The summed E-state index contributed by atoms with van der Waals surface area (Å²) in [4.78, 5) is 0. The highest BCUT2D eigenvalue weighted by molar-refractivity contribution is 4.78. The summed E-state index contributed by atoms with van der Waals surface area (Å²) in [6.07, 6.45) is 1.04. The van der Waals surface area contributed by atoms with Crippen molar-refractivity contribution in [1.29, 1.82) is 0 Å². The Kier molecular flexibility index (Phi) is 5.53. The second kappa shape index (κ2) is 5.58. The summed E-state index contributed by atoms with van der Waals surface area (Å²) < 4.78 is 0. The largest absolute Gasteiger partial charge is 0.393 e. The molecule has 0 aliphatic rings. The Labute approximate surface area is 81.2 Å². The van der Waals surface area contributed by atoms with Gasteiger partial charge in [-0.15, -0.1) is 0 Å². The molecular formula is C10H23NO2. The first kappa shape index (κ1) is 12.9. The lowest BCUT2D eigenvalue weighted by molar-refractivity contribution is -0.000419. The predicted molar refractivity (Wildman–Crippen MR) is 54.6 cm³/mol. The molecule has 0 aliphatic carbocycles. The predicted octanol–water partition coefficient (Wildman–Crippen LogP) is 0.754. The molecule has 0 aromatic rings. The molecule has 3 N–H and O–H groups in total. The highest BCUT2D eigenvalue weighted by Crippen LogP contribution is 2.07. The fourth-order valence-electron chi connectivity index (χ4n) is 1.26. The van der Waals surface area contributed by atoms with Gasteiger partial charge in [-0.05, 0) is 19.3 Å². The lowest BCUT2D eigenvalue weighted by atomic mass is 10.0. The Morgan fingerprint density at radius 1 is 1.38 bits per heavy atom. The summed E-state index contributed by atoms with van der Waals surface area (Å²) in [6, 6.07) is 0.415. The summed E-state index contributed by atoms with van der Waals surface area (Å²) in [7, 11) is 0. The molecule has 0 amide bonds. The van der Waals surface area contributed by atoms with Gasteiger partial charge in [-0.25, -0.2) is 0 Å². The van der Waals surface area contributed by atoms with E-state index < -0.39 is 5.60 Å². The molecule has 0 bridgehead atoms. The quantitative estimate of drug-likeness (QED) is 0.578. The van der Waals surface area contributed by atoms with E-state index >= 15 is 0 Å². The van der Waals surface area contributed by atoms with Gasteiger partial charge < -0.3 is 15.5 Å². The van der Waals surface area contributed by atoms with Gasteiger partial charge in [0, 0.05) is 12.6 Å². The minimum Gasteiger partial charge on any atom is -0.393 e. The van der Waals surface area contributed by atoms with E-state index in [1.165, 1.54) is 0 Å². The van der Waals surface area contributed by atoms with Crippen LogP contribution in [-0.2, 0) is 0 Å². The molecule has 80 valence electrons. The number of aliphatic hydroxyl groups excluding tert-OH is 1. The van der Waals surface area contributed by atoms with E-state index in [1.54, 1.807) is 6.92 Å². The van der Waals surface area contributed by atoms with E-state index in [2.05, 4.69) is 26.1 Å². The zero-order valence-corrected chi connectivity index (χ0v) is 9.17. The molecule has 0 aliphatic heterocycles. The van der Waals surface area contributed by atoms with Crippen molar-refractivity contribution < 1.29 is 10.2 Å². The van der Waals surface area contributed by atoms with Crippen LogP contribution < -0.4 is 5.32 Å². The van der Waals surface area contributed by atoms with Crippen LogP contribution in [0.2, 0.25) is 0 Å². The van der Waals surface area contributed by atoms with Crippen molar-refractivity contribution in [2.75, 3.05) is 13.2 Å². The number of hydrogen-bond donors (Lipinski definition) is 3. The van der Waals surface area contributed by atoms with Crippen LogP contribution in [0.15, 0.2) is 0 Å². The van der Waals surface area contributed by atoms with Gasteiger partial charge in [0.1, 0.15) is 0 Å². The monoisotopic (exact) mass is 189 g/mol. The molecule has 0 aromatic heterocycles. The van der Waals surface area contributed by atoms with Crippen molar-refractivity contribution in [3.63, 3.8) is 0 Å². The smallest absolute Gasteiger partial charge is 0.0972 e. The van der Waals surface area contributed by atoms with Gasteiger partial charge in [0.25, 0.3) is 0 Å². The Bertz CT molecular complexity index is 135. The van der Waals surface area contributed by atoms with E-state index in [1.807, 2.05) is 0 Å². The summed E-state index contributed by atoms with van der Waals surface area (Å²) >= 11 is 0. The first-order chi connectivity index (χ1) is 5.93. The van der Waals surface area contributed by atoms with Crippen LogP contribution >= 0.6 is 0 Å².